The standard InChI is InChI=1S/C51H50N14O5/c1-3-45(66)61-17-7-8-29(27-61)51(69)62-18-19-70-44(28-62)39-23-34-47(37-26-57-65-42(37)10-6-15-55-65)36(24-53-49(34)60-39)40-11-12-43(63(40)46(67)4-2)50(68)58-31-20-30(21-31)38-22-33-32(13-16-52-48(33)59-38)35-25-56-64-41(35)9-5-14-54-64/h3-6,9-10,13-16,22-26,29-31,40,43-44H,1-2,7-8,11-12,17-21,27-28H2,(H,52,59)(H,53,60)(H,58,68)/t29-,30?,31?,40?,43-,44?/m0/s1. The number of nitrogens with one attached hydrogen (secondary N) is 3. The molecule has 11 heterocycles. The van der Waals surface area contributed by atoms with E-state index in [0.717, 1.165) is 85.9 Å². The zero-order valence-electron chi connectivity index (χ0n) is 38.3. The molecule has 8 aromatic heterocycles. The van der Waals surface area contributed by atoms with Gasteiger partial charge in [0.2, 0.25) is 23.6 Å². The normalized spacial score (nSPS) is 22.7. The third-order valence-electron chi connectivity index (χ3n) is 14.8. The van der Waals surface area contributed by atoms with E-state index in [-0.39, 0.29) is 41.5 Å². The van der Waals surface area contributed by atoms with Crippen LogP contribution in [0.1, 0.15) is 73.5 Å². The number of aromatic nitrogens is 10. The van der Waals surface area contributed by atoms with E-state index >= 15 is 0 Å². The minimum absolute atomic E-state index is 0.00887. The molecule has 354 valence electrons. The van der Waals surface area contributed by atoms with Gasteiger partial charge < -0.3 is 34.7 Å². The summed E-state index contributed by atoms with van der Waals surface area (Å²) in [7, 11) is 0. The van der Waals surface area contributed by atoms with Crippen LogP contribution in [0.5, 0.6) is 0 Å². The van der Waals surface area contributed by atoms with Crippen LogP contribution in [0.4, 0.5) is 0 Å². The maximum atomic E-state index is 14.4. The van der Waals surface area contributed by atoms with Crippen LogP contribution in [0.2, 0.25) is 0 Å². The Balaban J connectivity index is 0.799. The SMILES string of the molecule is C=CC(=O)N1CCC[C@H](C(=O)N2CCOC(c3cc4c(-c5cnn6ncccc56)c(C5CC[C@@H](C(=O)NC6CC(c7cc8c(-c9cnn%10ncccc9%10)ccnc8[nH]7)C6)N5C(=O)C=C)cnc4[nH]3)C2)C1. The van der Waals surface area contributed by atoms with Crippen LogP contribution in [0, 0.1) is 5.92 Å². The number of carbonyl (C=O) groups is 4. The molecule has 12 rings (SSSR count). The van der Waals surface area contributed by atoms with Crippen molar-refractivity contribution in [3.63, 3.8) is 0 Å². The highest BCUT2D eigenvalue weighted by molar-refractivity contribution is 6.01. The van der Waals surface area contributed by atoms with Gasteiger partial charge in [-0.15, -0.1) is 0 Å². The summed E-state index contributed by atoms with van der Waals surface area (Å²) in [6.07, 6.45) is 16.5. The lowest BCUT2D eigenvalue weighted by molar-refractivity contribution is -0.146. The molecule has 3 N–H and O–H groups in total. The van der Waals surface area contributed by atoms with E-state index in [0.29, 0.717) is 57.7 Å². The number of likely N-dealkylation sites (tertiary alicyclic amines) is 2. The van der Waals surface area contributed by atoms with Crippen molar-refractivity contribution in [1.29, 1.82) is 0 Å². The van der Waals surface area contributed by atoms with Gasteiger partial charge in [-0.3, -0.25) is 19.2 Å². The maximum absolute atomic E-state index is 14.4. The zero-order chi connectivity index (χ0) is 47.6. The molecule has 4 atom stereocenters. The van der Waals surface area contributed by atoms with Crippen LogP contribution < -0.4 is 5.32 Å². The molecule has 0 radical (unpaired) electrons. The highest BCUT2D eigenvalue weighted by Crippen LogP contribution is 2.46. The van der Waals surface area contributed by atoms with Crippen LogP contribution >= 0.6 is 0 Å². The summed E-state index contributed by atoms with van der Waals surface area (Å²) < 4.78 is 9.50. The summed E-state index contributed by atoms with van der Waals surface area (Å²) in [4.78, 5) is 76.5. The Hall–Kier alpha value is -8.06. The summed E-state index contributed by atoms with van der Waals surface area (Å²) in [5.74, 6) is -0.817. The number of piperidine rings is 1. The van der Waals surface area contributed by atoms with E-state index in [9.17, 15) is 19.2 Å². The van der Waals surface area contributed by atoms with Gasteiger partial charge in [-0.1, -0.05) is 13.2 Å². The summed E-state index contributed by atoms with van der Waals surface area (Å²) in [5, 5.41) is 22.9. The largest absolute Gasteiger partial charge is 0.368 e. The molecule has 3 aliphatic heterocycles. The predicted molar refractivity (Wildman–Crippen MR) is 258 cm³/mol. The van der Waals surface area contributed by atoms with E-state index in [1.54, 1.807) is 50.0 Å². The lowest BCUT2D eigenvalue weighted by atomic mass is 9.78. The lowest BCUT2D eigenvalue weighted by Gasteiger charge is -2.38. The van der Waals surface area contributed by atoms with Crippen molar-refractivity contribution < 1.29 is 23.9 Å². The summed E-state index contributed by atoms with van der Waals surface area (Å²) in [6.45, 7) is 9.58. The van der Waals surface area contributed by atoms with E-state index in [4.69, 9.17) is 9.72 Å². The topological polar surface area (TPSA) is 217 Å². The van der Waals surface area contributed by atoms with E-state index < -0.39 is 18.2 Å². The average molecular weight is 939 g/mol. The van der Waals surface area contributed by atoms with Crippen molar-refractivity contribution in [3.8, 4) is 22.3 Å². The van der Waals surface area contributed by atoms with E-state index in [1.807, 2.05) is 47.5 Å². The van der Waals surface area contributed by atoms with Gasteiger partial charge in [0.05, 0.1) is 48.5 Å². The molecule has 19 nitrogen and oxygen atoms in total. The molecule has 4 fully saturated rings. The molecule has 0 bridgehead atoms. The fraction of sp³-hybridized carbons (Fsp3) is 0.333. The third-order valence-corrected chi connectivity index (χ3v) is 14.8. The van der Waals surface area contributed by atoms with E-state index in [2.05, 4.69) is 59.9 Å². The van der Waals surface area contributed by atoms with Crippen LogP contribution in [-0.2, 0) is 23.9 Å². The van der Waals surface area contributed by atoms with Gasteiger partial charge in [-0.25, -0.2) is 9.97 Å². The van der Waals surface area contributed by atoms with Gasteiger partial charge in [-0.2, -0.15) is 29.7 Å². The zero-order valence-corrected chi connectivity index (χ0v) is 38.3. The van der Waals surface area contributed by atoms with Crippen molar-refractivity contribution in [3.05, 3.63) is 122 Å². The van der Waals surface area contributed by atoms with Crippen LogP contribution in [-0.4, -0.2) is 133 Å². The lowest BCUT2D eigenvalue weighted by Crippen LogP contribution is -2.52. The second-order valence-electron chi connectivity index (χ2n) is 18.7. The van der Waals surface area contributed by atoms with Gasteiger partial charge in [0.25, 0.3) is 0 Å². The van der Waals surface area contributed by atoms with Crippen molar-refractivity contribution >= 4 is 56.7 Å². The Morgan fingerprint density at radius 2 is 1.46 bits per heavy atom. The van der Waals surface area contributed by atoms with Crippen molar-refractivity contribution in [1.82, 2.24) is 69.6 Å². The molecule has 0 aromatic carbocycles. The molecule has 8 aromatic rings. The number of carbonyl (C=O) groups excluding carboxylic acids is 4. The first kappa shape index (κ1) is 43.2. The number of aromatic amines is 2. The van der Waals surface area contributed by atoms with Gasteiger partial charge in [0, 0.05) is 101 Å². The fourth-order valence-electron chi connectivity index (χ4n) is 11.3. The molecule has 4 amide bonds. The monoisotopic (exact) mass is 938 g/mol. The highest BCUT2D eigenvalue weighted by atomic mass is 16.5. The van der Waals surface area contributed by atoms with Crippen LogP contribution in [0.25, 0.3) is 55.4 Å². The Morgan fingerprint density at radius 1 is 0.729 bits per heavy atom. The van der Waals surface area contributed by atoms with Crippen molar-refractivity contribution in [2.75, 3.05) is 32.8 Å². The molecule has 4 aliphatic rings. The first-order valence-electron chi connectivity index (χ1n) is 23.9. The number of morpholine rings is 1. The third kappa shape index (κ3) is 7.38. The van der Waals surface area contributed by atoms with Crippen molar-refractivity contribution in [2.45, 2.75) is 68.7 Å². The number of fused-ring (bicyclic) bond motifs is 4. The van der Waals surface area contributed by atoms with Crippen LogP contribution in [0.15, 0.2) is 105 Å². The number of H-pyrrole nitrogens is 2. The minimum atomic E-state index is -0.740. The molecule has 1 aliphatic carbocycles. The number of nitrogens with zero attached hydrogens (tertiary/aromatic N) is 11. The molecular formula is C51H50N14O5. The van der Waals surface area contributed by atoms with Gasteiger partial charge in [-0.05, 0) is 98.7 Å². The fourth-order valence-corrected chi connectivity index (χ4v) is 11.3. The van der Waals surface area contributed by atoms with Gasteiger partial charge in [0.1, 0.15) is 23.4 Å². The quantitative estimate of drug-likeness (QED) is 0.146. The second-order valence-corrected chi connectivity index (χ2v) is 18.7. The summed E-state index contributed by atoms with van der Waals surface area (Å²) in [5.41, 5.74) is 9.17. The first-order chi connectivity index (χ1) is 34.2. The summed E-state index contributed by atoms with van der Waals surface area (Å²) in [6, 6.07) is 12.5. The number of rotatable bonds is 10. The molecular weight excluding hydrogens is 889 g/mol. The van der Waals surface area contributed by atoms with E-state index in [1.165, 1.54) is 12.2 Å². The molecule has 2 unspecified atom stereocenters. The minimum Gasteiger partial charge on any atom is -0.368 e. The number of hydrogen-bond donors (Lipinski definition) is 3. The Labute approximate surface area is 400 Å². The molecule has 0 spiro atoms. The maximum Gasteiger partial charge on any atom is 0.247 e. The Morgan fingerprint density at radius 3 is 2.24 bits per heavy atom. The molecule has 70 heavy (non-hydrogen) atoms. The number of hydrogen-bond acceptors (Lipinski definition) is 11. The van der Waals surface area contributed by atoms with Crippen molar-refractivity contribution in [2.24, 2.45) is 5.92 Å². The number of ether oxygens (including phenoxy) is 1. The second kappa shape index (κ2) is 17.5. The number of amides is 4. The Bertz CT molecular complexity index is 3400. The first-order valence-corrected chi connectivity index (χ1v) is 23.9. The molecule has 1 saturated carbocycles. The number of pyridine rings is 2. The van der Waals surface area contributed by atoms with Gasteiger partial charge in [0.15, 0.2) is 0 Å². The smallest absolute Gasteiger partial charge is 0.247 e. The molecule has 3 saturated heterocycles. The average Bonchev–Trinajstić information content (AvgIpc) is 4.25. The van der Waals surface area contributed by atoms with Gasteiger partial charge >= 0.3 is 0 Å². The summed E-state index contributed by atoms with van der Waals surface area (Å²) >= 11 is 0. The highest BCUT2D eigenvalue weighted by Gasteiger charge is 2.44. The van der Waals surface area contributed by atoms with Crippen LogP contribution in [0.3, 0.4) is 0 Å². The molecule has 19 heteroatoms. The Kier molecular flexibility index (Phi) is 10.8. The predicted octanol–water partition coefficient (Wildman–Crippen LogP) is 5.46.